The van der Waals surface area contributed by atoms with Crippen LogP contribution in [0.5, 0.6) is 11.8 Å². The van der Waals surface area contributed by atoms with Gasteiger partial charge < -0.3 is 14.8 Å². The molecule has 5 nitrogen and oxygen atoms in total. The third-order valence-electron chi connectivity index (χ3n) is 2.86. The molecule has 5 heteroatoms. The SMILES string of the molecule is CCOc1cncc(OC2CC(CNC)C2)n1. The maximum atomic E-state index is 5.73. The molecule has 1 aliphatic rings. The van der Waals surface area contributed by atoms with Crippen LogP contribution in [0.25, 0.3) is 0 Å². The summed E-state index contributed by atoms with van der Waals surface area (Å²) in [5, 5.41) is 3.18. The van der Waals surface area contributed by atoms with E-state index in [0.717, 1.165) is 25.3 Å². The first-order valence-corrected chi connectivity index (χ1v) is 6.08. The molecule has 94 valence electrons. The minimum absolute atomic E-state index is 0.277. The molecule has 17 heavy (non-hydrogen) atoms. The van der Waals surface area contributed by atoms with Gasteiger partial charge in [-0.05, 0) is 39.3 Å². The molecule has 1 heterocycles. The second-order valence-electron chi connectivity index (χ2n) is 4.26. The Labute approximate surface area is 102 Å². The molecular formula is C12H19N3O2. The van der Waals surface area contributed by atoms with E-state index in [9.17, 15) is 0 Å². The van der Waals surface area contributed by atoms with Gasteiger partial charge in [0.05, 0.1) is 19.0 Å². The Morgan fingerprint density at radius 3 is 2.82 bits per heavy atom. The van der Waals surface area contributed by atoms with E-state index < -0.39 is 0 Å². The van der Waals surface area contributed by atoms with Crippen LogP contribution >= 0.6 is 0 Å². The van der Waals surface area contributed by atoms with Gasteiger partial charge in [-0.1, -0.05) is 0 Å². The van der Waals surface area contributed by atoms with E-state index in [1.807, 2.05) is 14.0 Å². The predicted molar refractivity (Wildman–Crippen MR) is 64.3 cm³/mol. The van der Waals surface area contributed by atoms with Gasteiger partial charge in [0.2, 0.25) is 11.8 Å². The number of nitrogens with one attached hydrogen (secondary N) is 1. The van der Waals surface area contributed by atoms with Gasteiger partial charge in [-0.2, -0.15) is 4.98 Å². The van der Waals surface area contributed by atoms with Crippen molar-refractivity contribution in [1.29, 1.82) is 0 Å². The van der Waals surface area contributed by atoms with Gasteiger partial charge in [0.15, 0.2) is 0 Å². The molecule has 1 aliphatic carbocycles. The maximum absolute atomic E-state index is 5.73. The van der Waals surface area contributed by atoms with Crippen LogP contribution < -0.4 is 14.8 Å². The first kappa shape index (κ1) is 12.1. The molecule has 0 aliphatic heterocycles. The van der Waals surface area contributed by atoms with Crippen molar-refractivity contribution in [2.45, 2.75) is 25.9 Å². The summed E-state index contributed by atoms with van der Waals surface area (Å²) in [6, 6.07) is 0. The van der Waals surface area contributed by atoms with Crippen LogP contribution in [0.4, 0.5) is 0 Å². The number of rotatable bonds is 6. The van der Waals surface area contributed by atoms with Crippen molar-refractivity contribution in [1.82, 2.24) is 15.3 Å². The lowest BCUT2D eigenvalue weighted by atomic mass is 9.82. The molecule has 0 aromatic carbocycles. The van der Waals surface area contributed by atoms with Crippen LogP contribution in [0.2, 0.25) is 0 Å². The summed E-state index contributed by atoms with van der Waals surface area (Å²) >= 11 is 0. The molecular weight excluding hydrogens is 218 g/mol. The van der Waals surface area contributed by atoms with Crippen molar-refractivity contribution >= 4 is 0 Å². The molecule has 1 saturated carbocycles. The first-order chi connectivity index (χ1) is 8.31. The molecule has 2 rings (SSSR count). The van der Waals surface area contributed by atoms with E-state index in [2.05, 4.69) is 15.3 Å². The number of nitrogens with zero attached hydrogens (tertiary/aromatic N) is 2. The molecule has 0 amide bonds. The number of hydrogen-bond acceptors (Lipinski definition) is 5. The van der Waals surface area contributed by atoms with Crippen molar-refractivity contribution < 1.29 is 9.47 Å². The van der Waals surface area contributed by atoms with Crippen molar-refractivity contribution in [2.75, 3.05) is 20.2 Å². The zero-order chi connectivity index (χ0) is 12.1. The lowest BCUT2D eigenvalue weighted by molar-refractivity contribution is 0.0606. The number of ether oxygens (including phenoxy) is 2. The summed E-state index contributed by atoms with van der Waals surface area (Å²) < 4.78 is 11.0. The molecule has 1 N–H and O–H groups in total. The van der Waals surface area contributed by atoms with Gasteiger partial charge in [0.1, 0.15) is 6.10 Å². The second-order valence-corrected chi connectivity index (χ2v) is 4.26. The Hall–Kier alpha value is -1.36. The van der Waals surface area contributed by atoms with Crippen LogP contribution in [-0.2, 0) is 0 Å². The van der Waals surface area contributed by atoms with Gasteiger partial charge in [0.25, 0.3) is 0 Å². The van der Waals surface area contributed by atoms with E-state index in [4.69, 9.17) is 9.47 Å². The Morgan fingerprint density at radius 1 is 1.35 bits per heavy atom. The predicted octanol–water partition coefficient (Wildman–Crippen LogP) is 1.25. The molecule has 1 fully saturated rings. The molecule has 0 atom stereocenters. The molecule has 0 bridgehead atoms. The number of aromatic nitrogens is 2. The smallest absolute Gasteiger partial charge is 0.235 e. The van der Waals surface area contributed by atoms with Crippen molar-refractivity contribution in [2.24, 2.45) is 5.92 Å². The quantitative estimate of drug-likeness (QED) is 0.807. The highest BCUT2D eigenvalue weighted by Crippen LogP contribution is 2.30. The summed E-state index contributed by atoms with van der Waals surface area (Å²) in [5.74, 6) is 1.81. The van der Waals surface area contributed by atoms with E-state index >= 15 is 0 Å². The maximum Gasteiger partial charge on any atom is 0.235 e. The van der Waals surface area contributed by atoms with Crippen LogP contribution in [-0.4, -0.2) is 36.3 Å². The fourth-order valence-corrected chi connectivity index (χ4v) is 2.00. The third kappa shape index (κ3) is 3.30. The Bertz CT molecular complexity index is 353. The van der Waals surface area contributed by atoms with Gasteiger partial charge in [-0.3, -0.25) is 4.98 Å². The zero-order valence-corrected chi connectivity index (χ0v) is 10.3. The van der Waals surface area contributed by atoms with Crippen LogP contribution in [0.3, 0.4) is 0 Å². The fraction of sp³-hybridized carbons (Fsp3) is 0.667. The van der Waals surface area contributed by atoms with E-state index in [1.165, 1.54) is 0 Å². The number of hydrogen-bond donors (Lipinski definition) is 1. The summed E-state index contributed by atoms with van der Waals surface area (Å²) in [7, 11) is 1.98. The third-order valence-corrected chi connectivity index (χ3v) is 2.86. The molecule has 0 saturated heterocycles. The zero-order valence-electron chi connectivity index (χ0n) is 10.3. The Balaban J connectivity index is 1.81. The van der Waals surface area contributed by atoms with Crippen LogP contribution in [0.1, 0.15) is 19.8 Å². The van der Waals surface area contributed by atoms with Crippen molar-refractivity contribution in [3.63, 3.8) is 0 Å². The Morgan fingerprint density at radius 2 is 2.12 bits per heavy atom. The minimum atomic E-state index is 0.277. The molecule has 1 aromatic rings. The minimum Gasteiger partial charge on any atom is -0.477 e. The summed E-state index contributed by atoms with van der Waals surface area (Å²) in [5.41, 5.74) is 0. The van der Waals surface area contributed by atoms with E-state index in [1.54, 1.807) is 12.4 Å². The van der Waals surface area contributed by atoms with E-state index in [-0.39, 0.29) is 6.10 Å². The molecule has 0 unspecified atom stereocenters. The van der Waals surface area contributed by atoms with Crippen LogP contribution in [0, 0.1) is 5.92 Å². The standard InChI is InChI=1S/C12H19N3O2/c1-3-16-11-7-14-8-12(15-11)17-10-4-9(5-10)6-13-2/h7-10,13H,3-6H2,1-2H3. The molecule has 1 aromatic heterocycles. The molecule has 0 spiro atoms. The van der Waals surface area contributed by atoms with Crippen molar-refractivity contribution in [3.05, 3.63) is 12.4 Å². The fourth-order valence-electron chi connectivity index (χ4n) is 2.00. The summed E-state index contributed by atoms with van der Waals surface area (Å²) in [6.07, 6.45) is 5.68. The lowest BCUT2D eigenvalue weighted by Gasteiger charge is -2.34. The highest BCUT2D eigenvalue weighted by Gasteiger charge is 2.30. The van der Waals surface area contributed by atoms with Crippen molar-refractivity contribution in [3.8, 4) is 11.8 Å². The van der Waals surface area contributed by atoms with E-state index in [0.29, 0.717) is 18.4 Å². The largest absolute Gasteiger partial charge is 0.477 e. The average Bonchev–Trinajstić information content (AvgIpc) is 2.27. The van der Waals surface area contributed by atoms with Gasteiger partial charge in [-0.15, -0.1) is 0 Å². The highest BCUT2D eigenvalue weighted by molar-refractivity contribution is 5.13. The average molecular weight is 237 g/mol. The highest BCUT2D eigenvalue weighted by atomic mass is 16.5. The topological polar surface area (TPSA) is 56.3 Å². The summed E-state index contributed by atoms with van der Waals surface area (Å²) in [4.78, 5) is 8.28. The molecule has 0 radical (unpaired) electrons. The van der Waals surface area contributed by atoms with Gasteiger partial charge in [-0.25, -0.2) is 0 Å². The normalized spacial score (nSPS) is 22.9. The first-order valence-electron chi connectivity index (χ1n) is 6.08. The Kier molecular flexibility index (Phi) is 4.14. The summed E-state index contributed by atoms with van der Waals surface area (Å²) in [6.45, 7) is 3.57. The van der Waals surface area contributed by atoms with Gasteiger partial charge in [0, 0.05) is 0 Å². The second kappa shape index (κ2) is 5.82. The lowest BCUT2D eigenvalue weighted by Crippen LogP contribution is -2.38. The van der Waals surface area contributed by atoms with Gasteiger partial charge >= 0.3 is 0 Å². The van der Waals surface area contributed by atoms with Crippen LogP contribution in [0.15, 0.2) is 12.4 Å². The monoisotopic (exact) mass is 237 g/mol.